The third-order valence-electron chi connectivity index (χ3n) is 5.61. The fraction of sp³-hybridized carbons (Fsp3) is 0.500. The van der Waals surface area contributed by atoms with Gasteiger partial charge in [-0.1, -0.05) is 19.9 Å². The lowest BCUT2D eigenvalue weighted by molar-refractivity contribution is -0.140. The third kappa shape index (κ3) is 6.08. The summed E-state index contributed by atoms with van der Waals surface area (Å²) in [6, 6.07) is 4.16. The lowest BCUT2D eigenvalue weighted by atomic mass is 9.91. The zero-order valence-electron chi connectivity index (χ0n) is 19.4. The summed E-state index contributed by atoms with van der Waals surface area (Å²) in [5.41, 5.74) is -2.49. The van der Waals surface area contributed by atoms with E-state index in [9.17, 15) is 35.5 Å². The molecule has 1 amide bonds. The molecule has 0 spiro atoms. The number of nitrogens with zero attached hydrogens (tertiary/aromatic N) is 4. The zero-order valence-corrected chi connectivity index (χ0v) is 19.4. The molecule has 7 nitrogen and oxygen atoms in total. The van der Waals surface area contributed by atoms with E-state index < -0.39 is 42.0 Å². The average molecular weight is 522 g/mol. The Kier molecular flexibility index (Phi) is 8.46. The van der Waals surface area contributed by atoms with Crippen LogP contribution in [-0.4, -0.2) is 37.2 Å². The number of rotatable bonds is 6. The summed E-state index contributed by atoms with van der Waals surface area (Å²) in [5, 5.41) is 8.85. The van der Waals surface area contributed by atoms with Crippen molar-refractivity contribution in [3.8, 4) is 0 Å². The Balaban J connectivity index is 0.00000176. The molecule has 0 bridgehead atoms. The number of fused-ring (bicyclic) bond motifs is 1. The molecule has 4 rings (SSSR count). The molecule has 14 heteroatoms. The minimum Gasteiger partial charge on any atom is -0.368 e. The molecular weight excluding hydrogens is 497 g/mol. The van der Waals surface area contributed by atoms with Crippen LogP contribution in [0.5, 0.6) is 0 Å². The van der Waals surface area contributed by atoms with E-state index in [1.54, 1.807) is 12.1 Å². The maximum absolute atomic E-state index is 13.1. The van der Waals surface area contributed by atoms with Crippen molar-refractivity contribution >= 4 is 17.4 Å². The molecule has 3 heterocycles. The zero-order chi connectivity index (χ0) is 26.6. The van der Waals surface area contributed by atoms with Gasteiger partial charge in [-0.25, -0.2) is 18.4 Å². The fourth-order valence-corrected chi connectivity index (χ4v) is 3.96. The van der Waals surface area contributed by atoms with Gasteiger partial charge in [0.2, 0.25) is 0 Å². The number of anilines is 1. The number of amides is 1. The van der Waals surface area contributed by atoms with Gasteiger partial charge in [0.25, 0.3) is 12.3 Å². The minimum absolute atomic E-state index is 0.0120. The van der Waals surface area contributed by atoms with Crippen LogP contribution in [-0.2, 0) is 6.18 Å². The molecule has 1 saturated carbocycles. The monoisotopic (exact) mass is 522 g/mol. The number of carbonyl (C=O) groups excluding carboxylic acids is 1. The summed E-state index contributed by atoms with van der Waals surface area (Å²) in [7, 11) is 0. The quantitative estimate of drug-likeness (QED) is 0.386. The van der Waals surface area contributed by atoms with Gasteiger partial charge in [0, 0.05) is 24.5 Å². The summed E-state index contributed by atoms with van der Waals surface area (Å²) in [5.74, 6) is -0.490. The van der Waals surface area contributed by atoms with Crippen molar-refractivity contribution < 1.29 is 35.5 Å². The van der Waals surface area contributed by atoms with E-state index in [-0.39, 0.29) is 22.4 Å². The molecule has 1 fully saturated rings. The number of alkyl halides is 7. The smallest absolute Gasteiger partial charge is 0.368 e. The lowest BCUT2D eigenvalue weighted by Gasteiger charge is -2.30. The molecule has 3 aromatic rings. The van der Waals surface area contributed by atoms with Crippen LogP contribution in [0.4, 0.5) is 36.6 Å². The van der Waals surface area contributed by atoms with Crippen molar-refractivity contribution in [2.45, 2.75) is 70.8 Å². The van der Waals surface area contributed by atoms with Crippen molar-refractivity contribution in [3.05, 3.63) is 47.5 Å². The van der Waals surface area contributed by atoms with Crippen molar-refractivity contribution in [2.75, 3.05) is 5.32 Å². The van der Waals surface area contributed by atoms with Gasteiger partial charge in [-0.2, -0.15) is 27.1 Å². The topological polar surface area (TPSA) is 76.2 Å². The lowest BCUT2D eigenvalue weighted by Crippen LogP contribution is -2.40. The second-order valence-corrected chi connectivity index (χ2v) is 7.92. The van der Waals surface area contributed by atoms with E-state index >= 15 is 0 Å². The Labute approximate surface area is 201 Å². The Morgan fingerprint density at radius 1 is 1.03 bits per heavy atom. The molecule has 198 valence electrons. The SMILES string of the molecule is CC.O=C(NC1CCC(Nc2cccc3nc(C(F)(F)F)cn23)CC1)c1cn(C(F)F)nc1C(F)F. The van der Waals surface area contributed by atoms with E-state index in [1.165, 1.54) is 10.5 Å². The van der Waals surface area contributed by atoms with Crippen molar-refractivity contribution in [3.63, 3.8) is 0 Å². The first kappa shape index (κ1) is 27.3. The fourth-order valence-electron chi connectivity index (χ4n) is 3.96. The highest BCUT2D eigenvalue weighted by atomic mass is 19.4. The van der Waals surface area contributed by atoms with Crippen LogP contribution in [0.1, 0.15) is 74.3 Å². The summed E-state index contributed by atoms with van der Waals surface area (Å²) >= 11 is 0. The number of hydrogen-bond acceptors (Lipinski definition) is 4. The second kappa shape index (κ2) is 11.2. The highest BCUT2D eigenvalue weighted by Gasteiger charge is 2.34. The van der Waals surface area contributed by atoms with Gasteiger partial charge in [0.15, 0.2) is 5.69 Å². The number of hydrogen-bond donors (Lipinski definition) is 2. The standard InChI is InChI=1S/C20H19F7N6O.C2H6/c21-17(22)16-12(8-33(31-16)19(23)24)18(34)29-11-6-4-10(5-7-11)28-14-2-1-3-15-30-13(9-32(14)15)20(25,26)27;1-2/h1-3,8-11,17,19,28H,4-7H2,(H,29,34);1-2H3. The molecular formula is C22H25F7N6O. The van der Waals surface area contributed by atoms with Crippen molar-refractivity contribution in [1.29, 1.82) is 0 Å². The minimum atomic E-state index is -4.57. The Morgan fingerprint density at radius 3 is 2.25 bits per heavy atom. The maximum atomic E-state index is 13.1. The Morgan fingerprint density at radius 2 is 1.67 bits per heavy atom. The molecule has 1 aliphatic carbocycles. The number of carbonyl (C=O) groups is 1. The number of aromatic nitrogens is 4. The van der Waals surface area contributed by atoms with E-state index in [2.05, 4.69) is 20.7 Å². The molecule has 0 aromatic carbocycles. The first-order valence-electron chi connectivity index (χ1n) is 11.3. The third-order valence-corrected chi connectivity index (χ3v) is 5.61. The van der Waals surface area contributed by atoms with Crippen LogP contribution in [0.3, 0.4) is 0 Å². The largest absolute Gasteiger partial charge is 0.434 e. The van der Waals surface area contributed by atoms with Gasteiger partial charge in [0.05, 0.1) is 5.56 Å². The van der Waals surface area contributed by atoms with Crippen LogP contribution in [0.2, 0.25) is 0 Å². The predicted octanol–water partition coefficient (Wildman–Crippen LogP) is 6.06. The number of pyridine rings is 1. The Bertz CT molecular complexity index is 1170. The van der Waals surface area contributed by atoms with Crippen molar-refractivity contribution in [1.82, 2.24) is 24.5 Å². The van der Waals surface area contributed by atoms with E-state index in [0.717, 1.165) is 6.20 Å². The predicted molar refractivity (Wildman–Crippen MR) is 117 cm³/mol. The summed E-state index contributed by atoms with van der Waals surface area (Å²) in [6.45, 7) is 0.840. The molecule has 0 aliphatic heterocycles. The van der Waals surface area contributed by atoms with Crippen LogP contribution in [0.25, 0.3) is 5.65 Å². The van der Waals surface area contributed by atoms with Gasteiger partial charge in [-0.05, 0) is 37.8 Å². The second-order valence-electron chi connectivity index (χ2n) is 7.92. The summed E-state index contributed by atoms with van der Waals surface area (Å²) < 4.78 is 92.0. The number of nitrogens with one attached hydrogen (secondary N) is 2. The highest BCUT2D eigenvalue weighted by Crippen LogP contribution is 2.30. The first-order valence-corrected chi connectivity index (χ1v) is 11.3. The summed E-state index contributed by atoms with van der Waals surface area (Å²) in [4.78, 5) is 16.0. The molecule has 2 N–H and O–H groups in total. The summed E-state index contributed by atoms with van der Waals surface area (Å²) in [6.07, 6.45) is -4.31. The molecule has 0 radical (unpaired) electrons. The van der Waals surface area contributed by atoms with Gasteiger partial charge in [-0.15, -0.1) is 0 Å². The van der Waals surface area contributed by atoms with Crippen LogP contribution < -0.4 is 10.6 Å². The van der Waals surface area contributed by atoms with Crippen molar-refractivity contribution in [2.24, 2.45) is 0 Å². The maximum Gasteiger partial charge on any atom is 0.434 e. The van der Waals surface area contributed by atoms with Crippen LogP contribution in [0, 0.1) is 0 Å². The van der Waals surface area contributed by atoms with E-state index in [4.69, 9.17) is 0 Å². The molecule has 0 saturated heterocycles. The molecule has 0 atom stereocenters. The van der Waals surface area contributed by atoms with E-state index in [1.807, 2.05) is 13.8 Å². The van der Waals surface area contributed by atoms with E-state index in [0.29, 0.717) is 37.7 Å². The highest BCUT2D eigenvalue weighted by molar-refractivity contribution is 5.95. The van der Waals surface area contributed by atoms with Gasteiger partial charge < -0.3 is 10.6 Å². The first-order chi connectivity index (χ1) is 17.0. The molecule has 3 aromatic heterocycles. The number of imidazole rings is 1. The van der Waals surface area contributed by atoms with Gasteiger partial charge >= 0.3 is 12.7 Å². The van der Waals surface area contributed by atoms with Crippen LogP contribution in [0.15, 0.2) is 30.6 Å². The normalized spacial score (nSPS) is 18.3. The van der Waals surface area contributed by atoms with Gasteiger partial charge in [-0.3, -0.25) is 9.20 Å². The molecule has 36 heavy (non-hydrogen) atoms. The van der Waals surface area contributed by atoms with Crippen LogP contribution >= 0.6 is 0 Å². The Hall–Kier alpha value is -3.32. The number of halogens is 7. The average Bonchev–Trinajstić information content (AvgIpc) is 3.48. The molecule has 0 unspecified atom stereocenters. The molecule has 1 aliphatic rings. The van der Waals surface area contributed by atoms with Gasteiger partial charge in [0.1, 0.15) is 17.2 Å².